The molecule has 1 aromatic carbocycles. The summed E-state index contributed by atoms with van der Waals surface area (Å²) in [6.07, 6.45) is 5.51. The Labute approximate surface area is 108 Å². The summed E-state index contributed by atoms with van der Waals surface area (Å²) in [6, 6.07) is 6.20. The van der Waals surface area contributed by atoms with Gasteiger partial charge in [-0.05, 0) is 43.6 Å². The van der Waals surface area contributed by atoms with E-state index in [4.69, 9.17) is 4.74 Å². The molecule has 2 aliphatic rings. The molecular formula is C15H21NO2. The van der Waals surface area contributed by atoms with Crippen LogP contribution in [-0.2, 0) is 6.54 Å². The molecule has 3 heteroatoms. The zero-order valence-corrected chi connectivity index (χ0v) is 10.9. The average Bonchev–Trinajstić information content (AvgIpc) is 3.25. The molecule has 0 aliphatic heterocycles. The fourth-order valence-corrected chi connectivity index (χ4v) is 2.68. The summed E-state index contributed by atoms with van der Waals surface area (Å²) in [5, 5.41) is 13.6. The van der Waals surface area contributed by atoms with Gasteiger partial charge in [-0.25, -0.2) is 0 Å². The molecule has 18 heavy (non-hydrogen) atoms. The van der Waals surface area contributed by atoms with Gasteiger partial charge < -0.3 is 15.2 Å². The van der Waals surface area contributed by atoms with E-state index < -0.39 is 0 Å². The third kappa shape index (κ3) is 2.61. The highest BCUT2D eigenvalue weighted by Gasteiger charge is 2.40. The van der Waals surface area contributed by atoms with Crippen LogP contribution in [-0.4, -0.2) is 18.3 Å². The molecule has 1 aromatic rings. The molecule has 0 heterocycles. The van der Waals surface area contributed by atoms with E-state index in [1.165, 1.54) is 25.7 Å². The van der Waals surface area contributed by atoms with Crippen LogP contribution >= 0.6 is 0 Å². The summed E-state index contributed by atoms with van der Waals surface area (Å²) in [5.41, 5.74) is 0.960. The van der Waals surface area contributed by atoms with Crippen molar-refractivity contribution >= 4 is 0 Å². The van der Waals surface area contributed by atoms with Crippen LogP contribution in [0.2, 0.25) is 0 Å². The second-order valence-corrected chi connectivity index (χ2v) is 5.58. The highest BCUT2D eigenvalue weighted by Crippen LogP contribution is 2.44. The third-order valence-electron chi connectivity index (χ3n) is 4.08. The van der Waals surface area contributed by atoms with Crippen LogP contribution in [0.1, 0.15) is 31.2 Å². The van der Waals surface area contributed by atoms with E-state index in [9.17, 15) is 5.11 Å². The molecule has 0 unspecified atom stereocenters. The molecule has 0 radical (unpaired) electrons. The first kappa shape index (κ1) is 11.8. The molecule has 2 aliphatic carbocycles. The lowest BCUT2D eigenvalue weighted by atomic mass is 10.1. The van der Waals surface area contributed by atoms with Gasteiger partial charge in [0.2, 0.25) is 0 Å². The number of benzene rings is 1. The van der Waals surface area contributed by atoms with Crippen molar-refractivity contribution in [2.24, 2.45) is 11.8 Å². The van der Waals surface area contributed by atoms with E-state index in [0.29, 0.717) is 17.5 Å². The monoisotopic (exact) mass is 247 g/mol. The minimum absolute atomic E-state index is 0.326. The van der Waals surface area contributed by atoms with Crippen LogP contribution in [0.25, 0.3) is 0 Å². The van der Waals surface area contributed by atoms with Gasteiger partial charge in [0.05, 0.1) is 7.11 Å². The van der Waals surface area contributed by atoms with E-state index in [-0.39, 0.29) is 0 Å². The third-order valence-corrected chi connectivity index (χ3v) is 4.08. The van der Waals surface area contributed by atoms with Crippen molar-refractivity contribution in [3.63, 3.8) is 0 Å². The minimum atomic E-state index is 0.326. The van der Waals surface area contributed by atoms with Crippen LogP contribution in [0.3, 0.4) is 0 Å². The standard InChI is InChI=1S/C15H21NO2/c1-18-13-7-6-12(14(17)8-13)9-16-15(10-2-3-10)11-4-5-11/h6-8,10-11,15-17H,2-5,9H2,1H3. The Morgan fingerprint density at radius 3 is 2.44 bits per heavy atom. The SMILES string of the molecule is COc1ccc(CNC(C2CC2)C2CC2)c(O)c1. The van der Waals surface area contributed by atoms with Crippen LogP contribution in [0, 0.1) is 11.8 Å². The van der Waals surface area contributed by atoms with Gasteiger partial charge in [0.1, 0.15) is 11.5 Å². The number of nitrogens with one attached hydrogen (secondary N) is 1. The van der Waals surface area contributed by atoms with E-state index >= 15 is 0 Å². The summed E-state index contributed by atoms with van der Waals surface area (Å²) in [4.78, 5) is 0. The molecule has 3 nitrogen and oxygen atoms in total. The predicted molar refractivity (Wildman–Crippen MR) is 70.7 cm³/mol. The molecule has 2 fully saturated rings. The normalized spacial score (nSPS) is 19.2. The van der Waals surface area contributed by atoms with Gasteiger partial charge in [0.25, 0.3) is 0 Å². The summed E-state index contributed by atoms with van der Waals surface area (Å²) in [5.74, 6) is 2.81. The van der Waals surface area contributed by atoms with Gasteiger partial charge in [-0.1, -0.05) is 6.07 Å². The molecule has 0 spiro atoms. The van der Waals surface area contributed by atoms with Crippen molar-refractivity contribution in [1.29, 1.82) is 0 Å². The largest absolute Gasteiger partial charge is 0.507 e. The topological polar surface area (TPSA) is 41.5 Å². The molecule has 0 aromatic heterocycles. The van der Waals surface area contributed by atoms with Crippen LogP contribution in [0.5, 0.6) is 11.5 Å². The summed E-state index contributed by atoms with van der Waals surface area (Å²) in [6.45, 7) is 0.757. The highest BCUT2D eigenvalue weighted by molar-refractivity contribution is 5.39. The van der Waals surface area contributed by atoms with Crippen molar-refractivity contribution in [2.45, 2.75) is 38.3 Å². The Balaban J connectivity index is 1.61. The molecule has 0 amide bonds. The molecule has 2 N–H and O–H groups in total. The lowest BCUT2D eigenvalue weighted by Crippen LogP contribution is -2.32. The zero-order chi connectivity index (χ0) is 12.5. The average molecular weight is 247 g/mol. The number of phenols is 1. The first-order chi connectivity index (χ1) is 8.78. The van der Waals surface area contributed by atoms with Gasteiger partial charge in [0, 0.05) is 24.2 Å². The fraction of sp³-hybridized carbons (Fsp3) is 0.600. The van der Waals surface area contributed by atoms with Gasteiger partial charge in [-0.3, -0.25) is 0 Å². The molecular weight excluding hydrogens is 226 g/mol. The van der Waals surface area contributed by atoms with E-state index in [2.05, 4.69) is 5.32 Å². The maximum absolute atomic E-state index is 9.92. The van der Waals surface area contributed by atoms with E-state index in [1.807, 2.05) is 12.1 Å². The number of hydrogen-bond acceptors (Lipinski definition) is 3. The maximum Gasteiger partial charge on any atom is 0.123 e. The molecule has 0 atom stereocenters. The Morgan fingerprint density at radius 2 is 1.94 bits per heavy atom. The summed E-state index contributed by atoms with van der Waals surface area (Å²) >= 11 is 0. The van der Waals surface area contributed by atoms with E-state index in [0.717, 1.165) is 23.9 Å². The Kier molecular flexibility index (Phi) is 3.16. The number of aromatic hydroxyl groups is 1. The maximum atomic E-state index is 9.92. The van der Waals surface area contributed by atoms with Gasteiger partial charge in [-0.2, -0.15) is 0 Å². The first-order valence-corrected chi connectivity index (χ1v) is 6.87. The molecule has 3 rings (SSSR count). The smallest absolute Gasteiger partial charge is 0.123 e. The number of phenolic OH excluding ortho intramolecular Hbond substituents is 1. The van der Waals surface area contributed by atoms with Crippen molar-refractivity contribution < 1.29 is 9.84 Å². The lowest BCUT2D eigenvalue weighted by Gasteiger charge is -2.18. The molecule has 2 saturated carbocycles. The van der Waals surface area contributed by atoms with Gasteiger partial charge in [0.15, 0.2) is 0 Å². The summed E-state index contributed by atoms with van der Waals surface area (Å²) in [7, 11) is 1.61. The Bertz CT molecular complexity index is 413. The van der Waals surface area contributed by atoms with Gasteiger partial charge in [-0.15, -0.1) is 0 Å². The zero-order valence-electron chi connectivity index (χ0n) is 10.9. The number of ether oxygens (including phenoxy) is 1. The minimum Gasteiger partial charge on any atom is -0.507 e. The lowest BCUT2D eigenvalue weighted by molar-refractivity contribution is 0.396. The number of rotatable bonds is 6. The van der Waals surface area contributed by atoms with Crippen molar-refractivity contribution in [2.75, 3.05) is 7.11 Å². The predicted octanol–water partition coefficient (Wildman–Crippen LogP) is 2.68. The molecule has 98 valence electrons. The first-order valence-electron chi connectivity index (χ1n) is 6.87. The van der Waals surface area contributed by atoms with Crippen molar-refractivity contribution in [1.82, 2.24) is 5.32 Å². The fourth-order valence-electron chi connectivity index (χ4n) is 2.68. The summed E-state index contributed by atoms with van der Waals surface area (Å²) < 4.78 is 5.09. The van der Waals surface area contributed by atoms with Crippen LogP contribution in [0.4, 0.5) is 0 Å². The molecule has 0 saturated heterocycles. The molecule has 0 bridgehead atoms. The van der Waals surface area contributed by atoms with Gasteiger partial charge >= 0.3 is 0 Å². The van der Waals surface area contributed by atoms with Crippen molar-refractivity contribution in [3.8, 4) is 11.5 Å². The van der Waals surface area contributed by atoms with Crippen LogP contribution < -0.4 is 10.1 Å². The quantitative estimate of drug-likeness (QED) is 0.812. The van der Waals surface area contributed by atoms with Crippen LogP contribution in [0.15, 0.2) is 18.2 Å². The van der Waals surface area contributed by atoms with E-state index in [1.54, 1.807) is 13.2 Å². The van der Waals surface area contributed by atoms with Crippen molar-refractivity contribution in [3.05, 3.63) is 23.8 Å². The second-order valence-electron chi connectivity index (χ2n) is 5.58. The Morgan fingerprint density at radius 1 is 1.28 bits per heavy atom. The number of methoxy groups -OCH3 is 1. The highest BCUT2D eigenvalue weighted by atomic mass is 16.5. The number of hydrogen-bond donors (Lipinski definition) is 2. The Hall–Kier alpha value is -1.22. The second kappa shape index (κ2) is 4.81.